The summed E-state index contributed by atoms with van der Waals surface area (Å²) in [6, 6.07) is 0. The van der Waals surface area contributed by atoms with E-state index in [4.69, 9.17) is 9.47 Å². The molecular formula is C7H5IO2. The Balaban J connectivity index is 2.44. The van der Waals surface area contributed by atoms with E-state index in [9.17, 15) is 0 Å². The topological polar surface area (TPSA) is 18.5 Å². The fourth-order valence-electron chi connectivity index (χ4n) is 0.748. The zero-order chi connectivity index (χ0) is 6.81. The van der Waals surface area contributed by atoms with Crippen molar-refractivity contribution in [2.24, 2.45) is 0 Å². The first-order valence-corrected chi connectivity index (χ1v) is 5.17. The predicted octanol–water partition coefficient (Wildman–Crippen LogP) is 1.66. The van der Waals surface area contributed by atoms with Crippen molar-refractivity contribution >= 4 is 24.4 Å². The van der Waals surface area contributed by atoms with Gasteiger partial charge in [0, 0.05) is 6.08 Å². The predicted molar refractivity (Wildman–Crippen MR) is 46.8 cm³/mol. The van der Waals surface area contributed by atoms with Gasteiger partial charge < -0.3 is 9.47 Å². The van der Waals surface area contributed by atoms with Gasteiger partial charge in [-0.25, -0.2) is 0 Å². The van der Waals surface area contributed by atoms with Crippen LogP contribution in [0.5, 0.6) is 0 Å². The van der Waals surface area contributed by atoms with E-state index in [1.807, 2.05) is 12.2 Å². The second-order valence-electron chi connectivity index (χ2n) is 1.79. The minimum absolute atomic E-state index is 0.0271. The summed E-state index contributed by atoms with van der Waals surface area (Å²) in [7, 11) is 0. The van der Waals surface area contributed by atoms with E-state index < -0.39 is 0 Å². The molecule has 2 aliphatic heterocycles. The van der Waals surface area contributed by atoms with Crippen molar-refractivity contribution in [2.75, 3.05) is 6.79 Å². The zero-order valence-corrected chi connectivity index (χ0v) is 7.29. The molecular weight excluding hydrogens is 243 g/mol. The molecule has 0 amide bonds. The fourth-order valence-corrected chi connectivity index (χ4v) is 1.92. The van der Waals surface area contributed by atoms with E-state index in [0.29, 0.717) is 6.79 Å². The molecule has 10 heavy (non-hydrogen) atoms. The van der Waals surface area contributed by atoms with Gasteiger partial charge in [0.2, 0.25) is 6.79 Å². The SMILES string of the molecule is C1=CC2=C(C=CI=1)OCO2. The first-order valence-electron chi connectivity index (χ1n) is 2.84. The van der Waals surface area contributed by atoms with Crippen molar-refractivity contribution in [2.45, 2.75) is 0 Å². The molecule has 3 heteroatoms. The van der Waals surface area contributed by atoms with Gasteiger partial charge in [-0.1, -0.05) is 3.67 Å². The lowest BCUT2D eigenvalue weighted by Gasteiger charge is -1.89. The van der Waals surface area contributed by atoms with Crippen molar-refractivity contribution in [1.82, 2.24) is 0 Å². The number of allylic oxidation sites excluding steroid dienone is 2. The average Bonchev–Trinajstić information content (AvgIpc) is 2.28. The van der Waals surface area contributed by atoms with Crippen LogP contribution in [0.4, 0.5) is 0 Å². The highest BCUT2D eigenvalue weighted by atomic mass is 127. The minimum atomic E-state index is -0.0271. The van der Waals surface area contributed by atoms with E-state index in [0.717, 1.165) is 11.5 Å². The van der Waals surface area contributed by atoms with Gasteiger partial charge in [-0.3, -0.25) is 0 Å². The van der Waals surface area contributed by atoms with Crippen LogP contribution in [0.15, 0.2) is 27.8 Å². The number of hydrogen-bond donors (Lipinski definition) is 0. The summed E-state index contributed by atoms with van der Waals surface area (Å²) in [5, 5.41) is 0. The third kappa shape index (κ3) is 1.02. The zero-order valence-electron chi connectivity index (χ0n) is 5.13. The third-order valence-electron chi connectivity index (χ3n) is 1.20. The standard InChI is InChI=1S/C7H5IO2/c1-3-8-4-2-7-6(1)9-5-10-7/h1-3H,5H2. The summed E-state index contributed by atoms with van der Waals surface area (Å²) in [5.74, 6) is 1.68. The summed E-state index contributed by atoms with van der Waals surface area (Å²) in [6.45, 7) is 0.353. The second kappa shape index (κ2) is 2.60. The Labute approximate surface area is 68.6 Å². The largest absolute Gasteiger partial charge is 0.454 e. The summed E-state index contributed by atoms with van der Waals surface area (Å²) in [5.41, 5.74) is 0. The molecule has 0 bridgehead atoms. The fraction of sp³-hybridized carbons (Fsp3) is 0.143. The van der Waals surface area contributed by atoms with E-state index in [1.54, 1.807) is 0 Å². The van der Waals surface area contributed by atoms with E-state index in [-0.39, 0.29) is 20.7 Å². The van der Waals surface area contributed by atoms with E-state index in [1.165, 1.54) is 0 Å². The van der Waals surface area contributed by atoms with Crippen LogP contribution in [0.25, 0.3) is 0 Å². The van der Waals surface area contributed by atoms with Crippen LogP contribution in [0.3, 0.4) is 0 Å². The van der Waals surface area contributed by atoms with Gasteiger partial charge in [0.1, 0.15) is 0 Å². The molecule has 0 fully saturated rings. The van der Waals surface area contributed by atoms with Crippen LogP contribution in [-0.4, -0.2) is 10.5 Å². The van der Waals surface area contributed by atoms with Crippen molar-refractivity contribution in [3.8, 4) is 0 Å². The Bertz CT molecular complexity index is 269. The molecule has 0 spiro atoms. The molecule has 0 atom stereocenters. The molecule has 0 aromatic heterocycles. The van der Waals surface area contributed by atoms with Gasteiger partial charge in [-0.15, -0.1) is 0 Å². The molecule has 0 radical (unpaired) electrons. The lowest BCUT2D eigenvalue weighted by atomic mass is 10.4. The van der Waals surface area contributed by atoms with Crippen molar-refractivity contribution in [3.63, 3.8) is 0 Å². The molecule has 52 valence electrons. The maximum absolute atomic E-state index is 5.15. The molecule has 0 N–H and O–H groups in total. The van der Waals surface area contributed by atoms with Crippen LogP contribution in [-0.2, 0) is 9.47 Å². The van der Waals surface area contributed by atoms with Crippen LogP contribution < -0.4 is 0 Å². The van der Waals surface area contributed by atoms with E-state index >= 15 is 0 Å². The number of halogens is 1. The molecule has 0 saturated heterocycles. The van der Waals surface area contributed by atoms with Crippen LogP contribution >= 0.6 is 20.7 Å². The first-order chi connectivity index (χ1) is 4.97. The van der Waals surface area contributed by atoms with Gasteiger partial charge in [-0.05, 0) is 30.9 Å². The third-order valence-corrected chi connectivity index (χ3v) is 2.59. The Morgan fingerprint density at radius 3 is 3.30 bits per heavy atom. The smallest absolute Gasteiger partial charge is 0.231 e. The summed E-state index contributed by atoms with van der Waals surface area (Å²) in [6.07, 6.45) is 3.84. The summed E-state index contributed by atoms with van der Waals surface area (Å²) >= 11 is -0.0271. The van der Waals surface area contributed by atoms with Crippen LogP contribution in [0.2, 0.25) is 0 Å². The van der Waals surface area contributed by atoms with Gasteiger partial charge >= 0.3 is 0 Å². The highest BCUT2D eigenvalue weighted by molar-refractivity contribution is 14.2. The highest BCUT2D eigenvalue weighted by Gasteiger charge is 2.12. The van der Waals surface area contributed by atoms with Crippen LogP contribution in [0, 0.1) is 0 Å². The lowest BCUT2D eigenvalue weighted by Crippen LogP contribution is -1.81. The van der Waals surface area contributed by atoms with Gasteiger partial charge in [0.15, 0.2) is 11.5 Å². The Hall–Kier alpha value is -0.540. The molecule has 2 rings (SSSR count). The van der Waals surface area contributed by atoms with Crippen molar-refractivity contribution < 1.29 is 9.47 Å². The normalized spacial score (nSPS) is 20.8. The van der Waals surface area contributed by atoms with Crippen molar-refractivity contribution in [3.05, 3.63) is 27.8 Å². The average molecular weight is 248 g/mol. The lowest BCUT2D eigenvalue weighted by molar-refractivity contribution is 0.0779. The first kappa shape index (κ1) is 6.19. The molecule has 0 aliphatic carbocycles. The van der Waals surface area contributed by atoms with Gasteiger partial charge in [-0.2, -0.15) is 0 Å². The van der Waals surface area contributed by atoms with Crippen molar-refractivity contribution in [1.29, 1.82) is 0 Å². The Morgan fingerprint density at radius 2 is 2.30 bits per heavy atom. The molecule has 0 aromatic carbocycles. The monoisotopic (exact) mass is 248 g/mol. The minimum Gasteiger partial charge on any atom is -0.454 e. The molecule has 0 saturated carbocycles. The Morgan fingerprint density at radius 1 is 1.40 bits per heavy atom. The Kier molecular flexibility index (Phi) is 1.61. The van der Waals surface area contributed by atoms with E-state index in [2.05, 4.69) is 7.75 Å². The summed E-state index contributed by atoms with van der Waals surface area (Å²) in [4.78, 5) is 0. The maximum atomic E-state index is 5.15. The molecule has 0 aromatic rings. The number of hydrogen-bond acceptors (Lipinski definition) is 2. The van der Waals surface area contributed by atoms with Gasteiger partial charge in [0.25, 0.3) is 0 Å². The van der Waals surface area contributed by atoms with Gasteiger partial charge in [0.05, 0.1) is 0 Å². The molecule has 2 nitrogen and oxygen atoms in total. The second-order valence-corrected chi connectivity index (χ2v) is 3.76. The van der Waals surface area contributed by atoms with Crippen LogP contribution in [0.1, 0.15) is 0 Å². The quantitative estimate of drug-likeness (QED) is 0.607. The molecule has 0 unspecified atom stereocenters. The number of rotatable bonds is 0. The number of ether oxygens (including phenoxy) is 2. The highest BCUT2D eigenvalue weighted by Crippen LogP contribution is 2.20. The summed E-state index contributed by atoms with van der Waals surface area (Å²) < 4.78 is 15.6. The molecule has 2 heterocycles. The maximum Gasteiger partial charge on any atom is 0.231 e. The molecule has 2 aliphatic rings.